The number of aromatic nitrogens is 2. The van der Waals surface area contributed by atoms with Gasteiger partial charge in [0.2, 0.25) is 0 Å². The van der Waals surface area contributed by atoms with Crippen molar-refractivity contribution in [3.63, 3.8) is 0 Å². The minimum Gasteiger partial charge on any atom is -0.284 e. The van der Waals surface area contributed by atoms with Gasteiger partial charge >= 0.3 is 0 Å². The van der Waals surface area contributed by atoms with Gasteiger partial charge < -0.3 is 0 Å². The normalized spacial score (nSPS) is 7.89. The molecule has 5 nitrogen and oxygen atoms in total. The number of hydrogen-bond donors (Lipinski definition) is 3. The van der Waals surface area contributed by atoms with Gasteiger partial charge in [-0.1, -0.05) is 0 Å². The highest BCUT2D eigenvalue weighted by Crippen LogP contribution is 1.93. The second-order valence-electron chi connectivity index (χ2n) is 1.32. The number of nitrogens with zero attached hydrogens (tertiary/aromatic N) is 2. The first-order chi connectivity index (χ1) is 4.43. The Morgan fingerprint density at radius 3 is 3.22 bits per heavy atom. The van der Waals surface area contributed by atoms with Crippen molar-refractivity contribution in [1.82, 2.24) is 15.6 Å². The molecular formula is C4H5N5. The molecule has 0 radical (unpaired) electrons. The molecule has 0 aliphatic carbocycles. The van der Waals surface area contributed by atoms with Crippen LogP contribution < -0.4 is 10.9 Å². The number of aromatic amines is 1. The molecule has 0 aliphatic rings. The van der Waals surface area contributed by atoms with Gasteiger partial charge in [0.1, 0.15) is 0 Å². The second-order valence-corrected chi connectivity index (χ2v) is 1.32. The first-order valence-electron chi connectivity index (χ1n) is 2.33. The van der Waals surface area contributed by atoms with Crippen LogP contribution in [0.1, 0.15) is 0 Å². The third kappa shape index (κ3) is 1.35. The van der Waals surface area contributed by atoms with Crippen molar-refractivity contribution >= 4 is 5.82 Å². The fourth-order valence-electron chi connectivity index (χ4n) is 0.422. The Balaban J connectivity index is 2.41. The lowest BCUT2D eigenvalue weighted by molar-refractivity contribution is 1.01. The van der Waals surface area contributed by atoms with E-state index < -0.39 is 0 Å². The van der Waals surface area contributed by atoms with Crippen LogP contribution in [0.2, 0.25) is 0 Å². The summed E-state index contributed by atoms with van der Waals surface area (Å²) in [4.78, 5) is 0. The van der Waals surface area contributed by atoms with E-state index in [0.29, 0.717) is 5.82 Å². The van der Waals surface area contributed by atoms with Crippen LogP contribution in [0.5, 0.6) is 0 Å². The molecule has 1 rings (SSSR count). The summed E-state index contributed by atoms with van der Waals surface area (Å²) < 4.78 is 0. The summed E-state index contributed by atoms with van der Waals surface area (Å²) >= 11 is 0. The van der Waals surface area contributed by atoms with Crippen LogP contribution in [0, 0.1) is 11.5 Å². The summed E-state index contributed by atoms with van der Waals surface area (Å²) in [7, 11) is 0. The van der Waals surface area contributed by atoms with Crippen LogP contribution in [0.3, 0.4) is 0 Å². The van der Waals surface area contributed by atoms with Crippen molar-refractivity contribution in [3.05, 3.63) is 12.3 Å². The number of nitriles is 1. The second kappa shape index (κ2) is 2.57. The molecule has 46 valence electrons. The summed E-state index contributed by atoms with van der Waals surface area (Å²) in [5.74, 6) is 0.594. The largest absolute Gasteiger partial charge is 0.284 e. The Kier molecular flexibility index (Phi) is 1.55. The Bertz CT molecular complexity index is 195. The van der Waals surface area contributed by atoms with E-state index in [0.717, 1.165) is 0 Å². The van der Waals surface area contributed by atoms with Gasteiger partial charge in [0.25, 0.3) is 0 Å². The zero-order chi connectivity index (χ0) is 6.53. The number of nitrogens with one attached hydrogen (secondary N) is 3. The fourth-order valence-corrected chi connectivity index (χ4v) is 0.422. The first-order valence-corrected chi connectivity index (χ1v) is 2.33. The molecule has 9 heavy (non-hydrogen) atoms. The van der Waals surface area contributed by atoms with Gasteiger partial charge in [0.15, 0.2) is 12.0 Å². The van der Waals surface area contributed by atoms with Crippen LogP contribution >= 0.6 is 0 Å². The Morgan fingerprint density at radius 1 is 1.78 bits per heavy atom. The zero-order valence-electron chi connectivity index (χ0n) is 4.55. The van der Waals surface area contributed by atoms with E-state index >= 15 is 0 Å². The average molecular weight is 123 g/mol. The molecule has 0 saturated heterocycles. The molecular weight excluding hydrogens is 118 g/mol. The van der Waals surface area contributed by atoms with Crippen LogP contribution in [0.25, 0.3) is 0 Å². The lowest BCUT2D eigenvalue weighted by atomic mass is 10.7. The molecule has 3 N–H and O–H groups in total. The highest BCUT2D eigenvalue weighted by atomic mass is 15.4. The summed E-state index contributed by atoms with van der Waals surface area (Å²) in [6, 6.07) is 1.70. The SMILES string of the molecule is N#CNNc1cc[nH]n1. The average Bonchev–Trinajstić information content (AvgIpc) is 2.34. The van der Waals surface area contributed by atoms with Crippen molar-refractivity contribution in [2.75, 3.05) is 5.43 Å². The van der Waals surface area contributed by atoms with Gasteiger partial charge in [0.05, 0.1) is 0 Å². The number of hydrogen-bond acceptors (Lipinski definition) is 4. The molecule has 0 spiro atoms. The van der Waals surface area contributed by atoms with Gasteiger partial charge in [-0.15, -0.1) is 0 Å². The maximum Gasteiger partial charge on any atom is 0.197 e. The minimum absolute atomic E-state index is 0.594. The van der Waals surface area contributed by atoms with E-state index in [9.17, 15) is 0 Å². The van der Waals surface area contributed by atoms with Crippen molar-refractivity contribution in [2.45, 2.75) is 0 Å². The van der Waals surface area contributed by atoms with Gasteiger partial charge in [-0.3, -0.25) is 10.5 Å². The molecule has 0 saturated carbocycles. The number of rotatable bonds is 2. The highest BCUT2D eigenvalue weighted by molar-refractivity contribution is 5.30. The molecule has 5 heteroatoms. The molecule has 0 fully saturated rings. The van der Waals surface area contributed by atoms with Crippen LogP contribution in [-0.2, 0) is 0 Å². The maximum atomic E-state index is 8.00. The van der Waals surface area contributed by atoms with Gasteiger partial charge in [-0.2, -0.15) is 10.4 Å². The lowest BCUT2D eigenvalue weighted by Gasteiger charge is -1.93. The summed E-state index contributed by atoms with van der Waals surface area (Å²) in [6.45, 7) is 0. The third-order valence-corrected chi connectivity index (χ3v) is 0.747. The Labute approximate surface area is 51.7 Å². The number of H-pyrrole nitrogens is 1. The molecule has 1 aromatic rings. The predicted molar refractivity (Wildman–Crippen MR) is 31.0 cm³/mol. The minimum atomic E-state index is 0.594. The van der Waals surface area contributed by atoms with E-state index in [1.807, 2.05) is 0 Å². The highest BCUT2D eigenvalue weighted by Gasteiger charge is 1.86. The molecule has 0 atom stereocenters. The standard InChI is InChI=1S/C4H5N5/c5-3-7-9-4-1-2-6-8-4/h1-2,7H,(H2,6,8,9). The van der Waals surface area contributed by atoms with Crippen molar-refractivity contribution in [2.24, 2.45) is 0 Å². The first kappa shape index (κ1) is 5.44. The summed E-state index contributed by atoms with van der Waals surface area (Å²) in [5.41, 5.74) is 4.74. The Hall–Kier alpha value is -1.70. The lowest BCUT2D eigenvalue weighted by Crippen LogP contribution is -2.14. The van der Waals surface area contributed by atoms with E-state index in [2.05, 4.69) is 21.0 Å². The molecule has 0 aromatic carbocycles. The molecule has 1 heterocycles. The van der Waals surface area contributed by atoms with Gasteiger partial charge in [-0.25, -0.2) is 5.43 Å². The maximum absolute atomic E-state index is 8.00. The van der Waals surface area contributed by atoms with Crippen LogP contribution in [0.4, 0.5) is 5.82 Å². The third-order valence-electron chi connectivity index (χ3n) is 0.747. The van der Waals surface area contributed by atoms with E-state index in [1.54, 1.807) is 18.5 Å². The van der Waals surface area contributed by atoms with Crippen molar-refractivity contribution in [1.29, 1.82) is 5.26 Å². The van der Waals surface area contributed by atoms with Crippen molar-refractivity contribution < 1.29 is 0 Å². The number of anilines is 1. The molecule has 0 amide bonds. The number of hydrazine groups is 1. The Morgan fingerprint density at radius 2 is 2.67 bits per heavy atom. The quantitative estimate of drug-likeness (QED) is 0.289. The summed E-state index contributed by atoms with van der Waals surface area (Å²) in [5, 5.41) is 14.3. The van der Waals surface area contributed by atoms with Crippen LogP contribution in [-0.4, -0.2) is 10.2 Å². The van der Waals surface area contributed by atoms with Gasteiger partial charge in [0, 0.05) is 12.3 Å². The predicted octanol–water partition coefficient (Wildman–Crippen LogP) is -0.193. The zero-order valence-corrected chi connectivity index (χ0v) is 4.55. The van der Waals surface area contributed by atoms with E-state index in [-0.39, 0.29) is 0 Å². The van der Waals surface area contributed by atoms with E-state index in [1.165, 1.54) is 0 Å². The topological polar surface area (TPSA) is 76.5 Å². The molecule has 0 aliphatic heterocycles. The monoisotopic (exact) mass is 123 g/mol. The van der Waals surface area contributed by atoms with Gasteiger partial charge in [-0.05, 0) is 0 Å². The van der Waals surface area contributed by atoms with Crippen molar-refractivity contribution in [3.8, 4) is 6.19 Å². The smallest absolute Gasteiger partial charge is 0.197 e. The fraction of sp³-hybridized carbons (Fsp3) is 0. The molecule has 0 bridgehead atoms. The molecule has 0 unspecified atom stereocenters. The van der Waals surface area contributed by atoms with Crippen LogP contribution in [0.15, 0.2) is 12.3 Å². The molecule has 1 aromatic heterocycles. The summed E-state index contributed by atoms with van der Waals surface area (Å²) in [6.07, 6.45) is 3.35. The van der Waals surface area contributed by atoms with E-state index in [4.69, 9.17) is 5.26 Å².